The van der Waals surface area contributed by atoms with E-state index in [1.165, 1.54) is 32.1 Å². The summed E-state index contributed by atoms with van der Waals surface area (Å²) in [5, 5.41) is 8.90. The highest BCUT2D eigenvalue weighted by Gasteiger charge is 2.11. The van der Waals surface area contributed by atoms with Crippen LogP contribution in [0.1, 0.15) is 52.4 Å². The van der Waals surface area contributed by atoms with Crippen molar-refractivity contribution in [2.75, 3.05) is 6.61 Å². The van der Waals surface area contributed by atoms with Crippen LogP contribution in [0.25, 0.3) is 0 Å². The maximum absolute atomic E-state index is 8.90. The Balaban J connectivity index is 2.42. The number of hydrogen-bond donors (Lipinski definition) is 1. The monoisotopic (exact) mass is 208 g/mol. The molecule has 0 unspecified atom stereocenters. The Morgan fingerprint density at radius 1 is 1.20 bits per heavy atom. The molecule has 0 aromatic rings. The highest BCUT2D eigenvalue weighted by molar-refractivity contribution is 5.15. The second-order valence-electron chi connectivity index (χ2n) is 5.21. The molecule has 1 aliphatic carbocycles. The molecule has 0 saturated heterocycles. The molecule has 15 heavy (non-hydrogen) atoms. The van der Waals surface area contributed by atoms with Crippen LogP contribution in [0.15, 0.2) is 23.8 Å². The molecule has 1 N–H and O–H groups in total. The van der Waals surface area contributed by atoms with Gasteiger partial charge in [0.2, 0.25) is 0 Å². The lowest BCUT2D eigenvalue weighted by Gasteiger charge is -2.18. The third-order valence-electron chi connectivity index (χ3n) is 3.13. The standard InChI is InChI=1S/C14H24O/c1-14(2,11-12-15)10-6-9-13-7-4-3-5-8-13/h6,9-10,15H,3-5,7-8,11-12H2,1-2H3/b10-6+. The van der Waals surface area contributed by atoms with E-state index < -0.39 is 0 Å². The predicted octanol–water partition coefficient (Wildman–Crippen LogP) is 3.84. The minimum absolute atomic E-state index is 0.125. The zero-order valence-corrected chi connectivity index (χ0v) is 10.1. The summed E-state index contributed by atoms with van der Waals surface area (Å²) in [6, 6.07) is 0. The first kappa shape index (κ1) is 12.5. The molecule has 0 aliphatic heterocycles. The van der Waals surface area contributed by atoms with Crippen molar-refractivity contribution < 1.29 is 5.11 Å². The molecule has 1 fully saturated rings. The van der Waals surface area contributed by atoms with Gasteiger partial charge in [0.25, 0.3) is 0 Å². The molecule has 0 radical (unpaired) electrons. The van der Waals surface area contributed by atoms with E-state index in [-0.39, 0.29) is 12.0 Å². The van der Waals surface area contributed by atoms with Gasteiger partial charge in [-0.3, -0.25) is 0 Å². The summed E-state index contributed by atoms with van der Waals surface area (Å²) in [4.78, 5) is 0. The first-order chi connectivity index (χ1) is 7.14. The van der Waals surface area contributed by atoms with E-state index >= 15 is 0 Å². The van der Waals surface area contributed by atoms with E-state index in [1.54, 1.807) is 5.57 Å². The first-order valence-corrected chi connectivity index (χ1v) is 6.12. The average molecular weight is 208 g/mol. The van der Waals surface area contributed by atoms with Gasteiger partial charge in [-0.05, 0) is 37.5 Å². The lowest BCUT2D eigenvalue weighted by Crippen LogP contribution is -2.09. The lowest BCUT2D eigenvalue weighted by molar-refractivity contribution is 0.241. The predicted molar refractivity (Wildman–Crippen MR) is 65.8 cm³/mol. The van der Waals surface area contributed by atoms with Crippen molar-refractivity contribution in [1.82, 2.24) is 0 Å². The Kier molecular flexibility index (Phi) is 5.10. The van der Waals surface area contributed by atoms with Crippen molar-refractivity contribution in [3.63, 3.8) is 0 Å². The maximum atomic E-state index is 8.90. The second kappa shape index (κ2) is 6.12. The molecule has 0 bridgehead atoms. The fourth-order valence-electron chi connectivity index (χ4n) is 1.99. The Labute approximate surface area is 93.9 Å². The fourth-order valence-corrected chi connectivity index (χ4v) is 1.99. The van der Waals surface area contributed by atoms with Crippen LogP contribution in [0, 0.1) is 5.41 Å². The highest BCUT2D eigenvalue weighted by Crippen LogP contribution is 2.24. The smallest absolute Gasteiger partial charge is 0.0439 e. The zero-order valence-electron chi connectivity index (χ0n) is 10.1. The van der Waals surface area contributed by atoms with Crippen molar-refractivity contribution in [1.29, 1.82) is 0 Å². The second-order valence-corrected chi connectivity index (χ2v) is 5.21. The largest absolute Gasteiger partial charge is 0.396 e. The molecule has 0 atom stereocenters. The van der Waals surface area contributed by atoms with Crippen molar-refractivity contribution in [3.8, 4) is 0 Å². The van der Waals surface area contributed by atoms with Crippen LogP contribution in [-0.2, 0) is 0 Å². The van der Waals surface area contributed by atoms with Crippen LogP contribution in [0.5, 0.6) is 0 Å². The Morgan fingerprint density at radius 2 is 1.87 bits per heavy atom. The van der Waals surface area contributed by atoms with E-state index in [9.17, 15) is 0 Å². The van der Waals surface area contributed by atoms with Crippen LogP contribution < -0.4 is 0 Å². The van der Waals surface area contributed by atoms with Gasteiger partial charge >= 0.3 is 0 Å². The SMILES string of the molecule is CC(C)(/C=C/C=C1CCCCC1)CCO. The van der Waals surface area contributed by atoms with E-state index in [4.69, 9.17) is 5.11 Å². The Hall–Kier alpha value is -0.560. The average Bonchev–Trinajstić information content (AvgIpc) is 2.19. The molecule has 0 aromatic heterocycles. The van der Waals surface area contributed by atoms with Crippen LogP contribution in [0.2, 0.25) is 0 Å². The minimum Gasteiger partial charge on any atom is -0.396 e. The number of aliphatic hydroxyl groups is 1. The van der Waals surface area contributed by atoms with Gasteiger partial charge in [-0.1, -0.05) is 44.1 Å². The van der Waals surface area contributed by atoms with Gasteiger partial charge in [-0.2, -0.15) is 0 Å². The number of allylic oxidation sites excluding steroid dienone is 4. The summed E-state index contributed by atoms with van der Waals surface area (Å²) in [5.41, 5.74) is 1.72. The summed E-state index contributed by atoms with van der Waals surface area (Å²) in [5.74, 6) is 0. The normalized spacial score (nSPS) is 18.5. The van der Waals surface area contributed by atoms with E-state index in [1.807, 2.05) is 0 Å². The lowest BCUT2D eigenvalue weighted by atomic mass is 9.88. The quantitative estimate of drug-likeness (QED) is 0.744. The molecule has 1 saturated carbocycles. The van der Waals surface area contributed by atoms with Crippen molar-refractivity contribution in [3.05, 3.63) is 23.8 Å². The van der Waals surface area contributed by atoms with Crippen molar-refractivity contribution in [2.45, 2.75) is 52.4 Å². The Morgan fingerprint density at radius 3 is 2.47 bits per heavy atom. The van der Waals surface area contributed by atoms with E-state index in [0.717, 1.165) is 6.42 Å². The molecule has 0 heterocycles. The number of aliphatic hydroxyl groups excluding tert-OH is 1. The van der Waals surface area contributed by atoms with Crippen LogP contribution in [0.3, 0.4) is 0 Å². The third-order valence-corrected chi connectivity index (χ3v) is 3.13. The summed E-state index contributed by atoms with van der Waals surface area (Å²) in [6.07, 6.45) is 14.2. The summed E-state index contributed by atoms with van der Waals surface area (Å²) in [6.45, 7) is 4.60. The summed E-state index contributed by atoms with van der Waals surface area (Å²) in [7, 11) is 0. The molecule has 1 heteroatoms. The van der Waals surface area contributed by atoms with Gasteiger partial charge < -0.3 is 5.11 Å². The molecule has 1 rings (SSSR count). The molecular formula is C14H24O. The fraction of sp³-hybridized carbons (Fsp3) is 0.714. The summed E-state index contributed by atoms with van der Waals surface area (Å²) < 4.78 is 0. The third kappa shape index (κ3) is 5.17. The molecule has 0 aromatic carbocycles. The van der Waals surface area contributed by atoms with E-state index in [2.05, 4.69) is 32.1 Å². The molecule has 1 nitrogen and oxygen atoms in total. The minimum atomic E-state index is 0.125. The number of rotatable bonds is 4. The van der Waals surface area contributed by atoms with Crippen LogP contribution >= 0.6 is 0 Å². The summed E-state index contributed by atoms with van der Waals surface area (Å²) >= 11 is 0. The van der Waals surface area contributed by atoms with Gasteiger partial charge in [0, 0.05) is 6.61 Å². The molecule has 0 spiro atoms. The number of hydrogen-bond acceptors (Lipinski definition) is 1. The first-order valence-electron chi connectivity index (χ1n) is 6.12. The maximum Gasteiger partial charge on any atom is 0.0439 e. The van der Waals surface area contributed by atoms with Crippen LogP contribution in [-0.4, -0.2) is 11.7 Å². The van der Waals surface area contributed by atoms with Crippen molar-refractivity contribution >= 4 is 0 Å². The molecular weight excluding hydrogens is 184 g/mol. The van der Waals surface area contributed by atoms with E-state index in [0.29, 0.717) is 0 Å². The zero-order chi connectivity index (χ0) is 11.1. The highest BCUT2D eigenvalue weighted by atomic mass is 16.3. The van der Waals surface area contributed by atoms with Crippen molar-refractivity contribution in [2.24, 2.45) is 5.41 Å². The van der Waals surface area contributed by atoms with Gasteiger partial charge in [-0.25, -0.2) is 0 Å². The molecule has 86 valence electrons. The topological polar surface area (TPSA) is 20.2 Å². The van der Waals surface area contributed by atoms with Gasteiger partial charge in [0.05, 0.1) is 0 Å². The van der Waals surface area contributed by atoms with Gasteiger partial charge in [-0.15, -0.1) is 0 Å². The Bertz CT molecular complexity index is 228. The molecule has 0 amide bonds. The van der Waals surface area contributed by atoms with Gasteiger partial charge in [0.15, 0.2) is 0 Å². The van der Waals surface area contributed by atoms with Gasteiger partial charge in [0.1, 0.15) is 0 Å². The van der Waals surface area contributed by atoms with Crippen LogP contribution in [0.4, 0.5) is 0 Å². The molecule has 1 aliphatic rings.